The molecular formula is C14H15ClOSi. The van der Waals surface area contributed by atoms with Gasteiger partial charge in [-0.05, 0) is 11.1 Å². The second-order valence-electron chi connectivity index (χ2n) is 3.86. The first-order valence-electron chi connectivity index (χ1n) is 5.66. The fraction of sp³-hybridized carbons (Fsp3) is 0.143. The van der Waals surface area contributed by atoms with Crippen LogP contribution in [0, 0.1) is 0 Å². The Morgan fingerprint density at radius 1 is 0.941 bits per heavy atom. The van der Waals surface area contributed by atoms with Gasteiger partial charge in [-0.3, -0.25) is 0 Å². The quantitative estimate of drug-likeness (QED) is 0.594. The van der Waals surface area contributed by atoms with Gasteiger partial charge in [0.05, 0.1) is 6.10 Å². The lowest BCUT2D eigenvalue weighted by molar-refractivity contribution is 0.224. The Bertz CT molecular complexity index is 432. The monoisotopic (exact) mass is 262 g/mol. The molecule has 0 aliphatic heterocycles. The molecule has 1 nitrogen and oxygen atoms in total. The van der Waals surface area contributed by atoms with E-state index in [4.69, 9.17) is 15.5 Å². The van der Waals surface area contributed by atoms with E-state index in [-0.39, 0.29) is 6.10 Å². The van der Waals surface area contributed by atoms with Crippen LogP contribution in [0.4, 0.5) is 0 Å². The van der Waals surface area contributed by atoms with Crippen molar-refractivity contribution in [3.8, 4) is 0 Å². The molecule has 88 valence electrons. The van der Waals surface area contributed by atoms with Crippen molar-refractivity contribution in [2.45, 2.75) is 12.5 Å². The molecule has 2 aromatic carbocycles. The Hall–Kier alpha value is -1.09. The molecule has 1 unspecified atom stereocenters. The zero-order valence-electron chi connectivity index (χ0n) is 9.55. The molecule has 0 saturated carbocycles. The second-order valence-corrected chi connectivity index (χ2v) is 5.07. The first-order valence-corrected chi connectivity index (χ1v) is 8.38. The topological polar surface area (TPSA) is 9.23 Å². The van der Waals surface area contributed by atoms with Gasteiger partial charge in [0, 0.05) is 6.42 Å². The van der Waals surface area contributed by atoms with Crippen molar-refractivity contribution >= 4 is 20.2 Å². The average Bonchev–Trinajstić information content (AvgIpc) is 2.40. The summed E-state index contributed by atoms with van der Waals surface area (Å²) in [5.41, 5.74) is 2.48. The third kappa shape index (κ3) is 3.70. The molecule has 3 heteroatoms. The lowest BCUT2D eigenvalue weighted by Crippen LogP contribution is -2.08. The Kier molecular flexibility index (Phi) is 4.80. The van der Waals surface area contributed by atoms with Crippen molar-refractivity contribution in [3.63, 3.8) is 0 Å². The number of halogens is 1. The summed E-state index contributed by atoms with van der Waals surface area (Å²) in [6.07, 6.45) is 0.965. The molecule has 0 fully saturated rings. The van der Waals surface area contributed by atoms with Crippen LogP contribution in [0.2, 0.25) is 0 Å². The molecule has 0 heterocycles. The van der Waals surface area contributed by atoms with Crippen molar-refractivity contribution in [1.29, 1.82) is 0 Å². The molecule has 1 atom stereocenters. The summed E-state index contributed by atoms with van der Waals surface area (Å²) >= 11 is 5.83. The number of hydrogen-bond acceptors (Lipinski definition) is 1. The Morgan fingerprint density at radius 2 is 1.53 bits per heavy atom. The Balaban J connectivity index is 2.13. The maximum Gasteiger partial charge on any atom is 0.259 e. The van der Waals surface area contributed by atoms with E-state index in [1.807, 2.05) is 24.3 Å². The molecule has 0 amide bonds. The first kappa shape index (κ1) is 12.4. The zero-order valence-corrected chi connectivity index (χ0v) is 11.7. The molecule has 0 N–H and O–H groups in total. The van der Waals surface area contributed by atoms with Crippen molar-refractivity contribution in [2.24, 2.45) is 0 Å². The minimum atomic E-state index is -0.921. The van der Waals surface area contributed by atoms with Crippen molar-refractivity contribution in [3.05, 3.63) is 71.8 Å². The Labute approximate surface area is 109 Å². The normalized spacial score (nSPS) is 13.0. The van der Waals surface area contributed by atoms with Gasteiger partial charge in [0.25, 0.3) is 9.07 Å². The van der Waals surface area contributed by atoms with Crippen molar-refractivity contribution < 1.29 is 4.43 Å². The molecule has 0 saturated heterocycles. The highest BCUT2D eigenvalue weighted by atomic mass is 35.6. The van der Waals surface area contributed by atoms with Crippen LogP contribution >= 0.6 is 11.1 Å². The lowest BCUT2D eigenvalue weighted by atomic mass is 10.0. The maximum absolute atomic E-state index is 5.83. The molecular weight excluding hydrogens is 248 g/mol. The predicted molar refractivity (Wildman–Crippen MR) is 74.8 cm³/mol. The summed E-state index contributed by atoms with van der Waals surface area (Å²) < 4.78 is 5.74. The lowest BCUT2D eigenvalue weighted by Gasteiger charge is -2.17. The fourth-order valence-electron chi connectivity index (χ4n) is 1.84. The molecule has 2 aromatic rings. The van der Waals surface area contributed by atoms with Crippen LogP contribution in [0.15, 0.2) is 60.7 Å². The minimum absolute atomic E-state index is 0.0859. The van der Waals surface area contributed by atoms with E-state index in [0.717, 1.165) is 6.42 Å². The van der Waals surface area contributed by atoms with Crippen LogP contribution in [0.3, 0.4) is 0 Å². The molecule has 2 rings (SSSR count). The van der Waals surface area contributed by atoms with E-state index in [0.29, 0.717) is 0 Å². The minimum Gasteiger partial charge on any atom is -0.401 e. The molecule has 0 bridgehead atoms. The van der Waals surface area contributed by atoms with Crippen LogP contribution in [0.1, 0.15) is 17.2 Å². The zero-order chi connectivity index (χ0) is 11.9. The van der Waals surface area contributed by atoms with Gasteiger partial charge >= 0.3 is 0 Å². The highest BCUT2D eigenvalue weighted by Gasteiger charge is 2.11. The van der Waals surface area contributed by atoms with Gasteiger partial charge in [-0.15, -0.1) is 11.1 Å². The van der Waals surface area contributed by atoms with Gasteiger partial charge in [0.1, 0.15) is 0 Å². The van der Waals surface area contributed by atoms with E-state index >= 15 is 0 Å². The van der Waals surface area contributed by atoms with Gasteiger partial charge in [-0.25, -0.2) is 0 Å². The third-order valence-corrected chi connectivity index (χ3v) is 3.61. The summed E-state index contributed by atoms with van der Waals surface area (Å²) in [5, 5.41) is 0. The summed E-state index contributed by atoms with van der Waals surface area (Å²) in [7, 11) is -0.921. The van der Waals surface area contributed by atoms with Crippen molar-refractivity contribution in [1.82, 2.24) is 0 Å². The Morgan fingerprint density at radius 3 is 2.12 bits per heavy atom. The molecule has 17 heavy (non-hydrogen) atoms. The first-order chi connectivity index (χ1) is 8.40. The van der Waals surface area contributed by atoms with Crippen LogP contribution in [0.25, 0.3) is 0 Å². The van der Waals surface area contributed by atoms with Crippen LogP contribution in [-0.4, -0.2) is 9.07 Å². The smallest absolute Gasteiger partial charge is 0.259 e. The largest absolute Gasteiger partial charge is 0.401 e. The SMILES string of the molecule is Cl[SiH2]OC(Cc1ccccc1)c1ccccc1. The molecule has 0 aromatic heterocycles. The van der Waals surface area contributed by atoms with Gasteiger partial charge in [0.15, 0.2) is 0 Å². The fourth-order valence-corrected chi connectivity index (χ4v) is 2.76. The summed E-state index contributed by atoms with van der Waals surface area (Å²) in [4.78, 5) is 0. The molecule has 0 aliphatic rings. The predicted octanol–water partition coefficient (Wildman–Crippen LogP) is 3.22. The van der Waals surface area contributed by atoms with Crippen LogP contribution in [0.5, 0.6) is 0 Å². The highest BCUT2D eigenvalue weighted by molar-refractivity contribution is 6.89. The number of hydrogen-bond donors (Lipinski definition) is 0. The van der Waals surface area contributed by atoms with E-state index in [2.05, 4.69) is 36.4 Å². The van der Waals surface area contributed by atoms with Crippen LogP contribution in [-0.2, 0) is 10.8 Å². The van der Waals surface area contributed by atoms with Gasteiger partial charge in [-0.1, -0.05) is 60.7 Å². The van der Waals surface area contributed by atoms with Crippen LogP contribution < -0.4 is 0 Å². The number of rotatable bonds is 5. The molecule has 0 radical (unpaired) electrons. The van der Waals surface area contributed by atoms with Crippen molar-refractivity contribution in [2.75, 3.05) is 0 Å². The number of benzene rings is 2. The summed E-state index contributed by atoms with van der Waals surface area (Å²) in [6.45, 7) is 0. The van der Waals surface area contributed by atoms with Gasteiger partial charge in [0.2, 0.25) is 0 Å². The molecule has 0 spiro atoms. The highest BCUT2D eigenvalue weighted by Crippen LogP contribution is 2.21. The third-order valence-electron chi connectivity index (χ3n) is 2.70. The van der Waals surface area contributed by atoms with E-state index < -0.39 is 9.07 Å². The van der Waals surface area contributed by atoms with E-state index in [1.54, 1.807) is 0 Å². The summed E-state index contributed by atoms with van der Waals surface area (Å²) in [5.74, 6) is 0. The van der Waals surface area contributed by atoms with Gasteiger partial charge < -0.3 is 4.43 Å². The molecule has 0 aliphatic carbocycles. The van der Waals surface area contributed by atoms with E-state index in [9.17, 15) is 0 Å². The average molecular weight is 263 g/mol. The second kappa shape index (κ2) is 6.60. The van der Waals surface area contributed by atoms with E-state index in [1.165, 1.54) is 11.1 Å². The van der Waals surface area contributed by atoms with Gasteiger partial charge in [-0.2, -0.15) is 0 Å². The standard InChI is InChI=1S/C14H15ClOSi/c15-17-16-14(13-9-5-2-6-10-13)11-12-7-3-1-4-8-12/h1-10,14H,11,17H2. The summed E-state index contributed by atoms with van der Waals surface area (Å²) in [6, 6.07) is 20.6. The maximum atomic E-state index is 5.83.